The first kappa shape index (κ1) is 27.2. The minimum atomic E-state index is -1.42. The van der Waals surface area contributed by atoms with Gasteiger partial charge >= 0.3 is 29.9 Å². The zero-order chi connectivity index (χ0) is 26.0. The summed E-state index contributed by atoms with van der Waals surface area (Å²) in [5.41, 5.74) is 2.96. The first-order valence-corrected chi connectivity index (χ1v) is 10.5. The van der Waals surface area contributed by atoms with E-state index in [0.717, 1.165) is 33.3 Å². The summed E-state index contributed by atoms with van der Waals surface area (Å²) < 4.78 is 26.5. The third kappa shape index (κ3) is 9.04. The molecule has 1 aliphatic rings. The molecule has 0 bridgehead atoms. The molecule has 2 amide bonds. The number of carbonyl (C=O) groups excluding carboxylic acids is 5. The summed E-state index contributed by atoms with van der Waals surface area (Å²) in [5, 5.41) is 6.24. The number of hydrogen-bond donors (Lipinski definition) is 2. The summed E-state index contributed by atoms with van der Waals surface area (Å²) in [6, 6.07) is 8.09. The number of esters is 4. The number of urea groups is 1. The molecule has 0 radical (unpaired) electrons. The van der Waals surface area contributed by atoms with Crippen LogP contribution < -0.4 is 10.7 Å². The van der Waals surface area contributed by atoms with Crippen LogP contribution in [0.4, 0.5) is 4.79 Å². The van der Waals surface area contributed by atoms with Crippen LogP contribution in [0.1, 0.15) is 33.3 Å². The van der Waals surface area contributed by atoms with E-state index in [2.05, 4.69) is 15.8 Å². The number of nitrogens with one attached hydrogen (secondary N) is 2. The maximum absolute atomic E-state index is 12.5. The highest BCUT2D eigenvalue weighted by atomic mass is 16.7. The molecule has 0 aliphatic carbocycles. The Morgan fingerprint density at radius 3 is 2.00 bits per heavy atom. The molecule has 1 aliphatic heterocycles. The van der Waals surface area contributed by atoms with Gasteiger partial charge in [0.1, 0.15) is 12.7 Å². The van der Waals surface area contributed by atoms with Crippen molar-refractivity contribution in [1.29, 1.82) is 0 Å². The SMILES string of the molecule is CC(=O)OC[C@H]1O[C@@H](NC(=O)N/N=C/c2ccccc2)[C@H](OC(C)=O)[C@@H](OC(C)=O)[C@@H]1OC(C)=O. The van der Waals surface area contributed by atoms with Crippen LogP contribution in [0, 0.1) is 0 Å². The van der Waals surface area contributed by atoms with Crippen molar-refractivity contribution in [3.8, 4) is 0 Å². The van der Waals surface area contributed by atoms with E-state index in [1.165, 1.54) is 6.21 Å². The lowest BCUT2D eigenvalue weighted by molar-refractivity contribution is -0.255. The number of ether oxygens (including phenoxy) is 5. The average molecular weight is 493 g/mol. The molecule has 5 atom stereocenters. The van der Waals surface area contributed by atoms with E-state index in [1.54, 1.807) is 24.3 Å². The summed E-state index contributed by atoms with van der Waals surface area (Å²) in [6.45, 7) is 4.04. The van der Waals surface area contributed by atoms with Gasteiger partial charge in [-0.3, -0.25) is 19.2 Å². The summed E-state index contributed by atoms with van der Waals surface area (Å²) in [4.78, 5) is 59.1. The molecule has 35 heavy (non-hydrogen) atoms. The van der Waals surface area contributed by atoms with Crippen molar-refractivity contribution in [3.63, 3.8) is 0 Å². The zero-order valence-electron chi connectivity index (χ0n) is 19.6. The van der Waals surface area contributed by atoms with Crippen molar-refractivity contribution in [1.82, 2.24) is 10.7 Å². The van der Waals surface area contributed by atoms with Crippen LogP contribution in [-0.2, 0) is 42.9 Å². The van der Waals surface area contributed by atoms with Gasteiger partial charge in [0.05, 0.1) is 6.21 Å². The number of hydrazone groups is 1. The third-order valence-electron chi connectivity index (χ3n) is 4.44. The molecule has 0 saturated carbocycles. The van der Waals surface area contributed by atoms with E-state index in [0.29, 0.717) is 0 Å². The Balaban J connectivity index is 2.28. The number of benzene rings is 1. The highest BCUT2D eigenvalue weighted by Gasteiger charge is 2.52. The summed E-state index contributed by atoms with van der Waals surface area (Å²) in [5.74, 6) is -2.98. The predicted molar refractivity (Wildman–Crippen MR) is 118 cm³/mol. The second kappa shape index (κ2) is 13.0. The van der Waals surface area contributed by atoms with E-state index in [1.807, 2.05) is 6.07 Å². The number of amides is 2. The van der Waals surface area contributed by atoms with Crippen LogP contribution in [0.5, 0.6) is 0 Å². The molecule has 1 aromatic rings. The Morgan fingerprint density at radius 2 is 1.43 bits per heavy atom. The number of nitrogens with zero attached hydrogens (tertiary/aromatic N) is 1. The van der Waals surface area contributed by atoms with Crippen molar-refractivity contribution in [2.75, 3.05) is 6.61 Å². The van der Waals surface area contributed by atoms with Crippen LogP contribution in [0.2, 0.25) is 0 Å². The van der Waals surface area contributed by atoms with Gasteiger partial charge in [-0.05, 0) is 5.56 Å². The Morgan fingerprint density at radius 1 is 0.857 bits per heavy atom. The van der Waals surface area contributed by atoms with Gasteiger partial charge in [-0.2, -0.15) is 5.10 Å². The first-order valence-electron chi connectivity index (χ1n) is 10.5. The molecule has 1 saturated heterocycles. The van der Waals surface area contributed by atoms with Gasteiger partial charge in [0.2, 0.25) is 0 Å². The van der Waals surface area contributed by atoms with Gasteiger partial charge in [0.25, 0.3) is 0 Å². The van der Waals surface area contributed by atoms with Crippen molar-refractivity contribution >= 4 is 36.1 Å². The Hall–Kier alpha value is -4.00. The Kier molecular flexibility index (Phi) is 10.1. The van der Waals surface area contributed by atoms with Gasteiger partial charge in [-0.15, -0.1) is 0 Å². The predicted octanol–water partition coefficient (Wildman–Crippen LogP) is 0.403. The lowest BCUT2D eigenvalue weighted by atomic mass is 9.97. The normalized spacial score (nSPS) is 23.6. The number of carbonyl (C=O) groups is 5. The lowest BCUT2D eigenvalue weighted by Crippen LogP contribution is -2.66. The molecule has 0 spiro atoms. The molecule has 0 aromatic heterocycles. The zero-order valence-corrected chi connectivity index (χ0v) is 19.6. The van der Waals surface area contributed by atoms with E-state index < -0.39 is 67.2 Å². The van der Waals surface area contributed by atoms with Gasteiger partial charge in [0, 0.05) is 27.7 Å². The average Bonchev–Trinajstić information content (AvgIpc) is 2.76. The molecule has 1 fully saturated rings. The molecule has 2 N–H and O–H groups in total. The Bertz CT molecular complexity index is 952. The van der Waals surface area contributed by atoms with Crippen molar-refractivity contribution in [2.45, 2.75) is 58.3 Å². The van der Waals surface area contributed by atoms with Crippen LogP contribution in [0.15, 0.2) is 35.4 Å². The molecule has 13 heteroatoms. The monoisotopic (exact) mass is 493 g/mol. The Labute approximate surface area is 201 Å². The summed E-state index contributed by atoms with van der Waals surface area (Å²) >= 11 is 0. The van der Waals surface area contributed by atoms with Crippen LogP contribution in [-0.4, -0.2) is 73.4 Å². The molecule has 1 aromatic carbocycles. The fourth-order valence-electron chi connectivity index (χ4n) is 3.21. The maximum Gasteiger partial charge on any atom is 0.337 e. The highest BCUT2D eigenvalue weighted by Crippen LogP contribution is 2.28. The van der Waals surface area contributed by atoms with E-state index >= 15 is 0 Å². The lowest BCUT2D eigenvalue weighted by Gasteiger charge is -2.44. The molecular weight excluding hydrogens is 466 g/mol. The van der Waals surface area contributed by atoms with Gasteiger partial charge < -0.3 is 29.0 Å². The minimum Gasteiger partial charge on any atom is -0.463 e. The third-order valence-corrected chi connectivity index (χ3v) is 4.44. The highest BCUT2D eigenvalue weighted by molar-refractivity contribution is 5.81. The summed E-state index contributed by atoms with van der Waals surface area (Å²) in [7, 11) is 0. The number of hydrogen-bond acceptors (Lipinski definition) is 11. The topological polar surface area (TPSA) is 168 Å². The van der Waals surface area contributed by atoms with Gasteiger partial charge in [-0.1, -0.05) is 30.3 Å². The van der Waals surface area contributed by atoms with Crippen molar-refractivity contribution in [2.24, 2.45) is 5.10 Å². The van der Waals surface area contributed by atoms with Crippen LogP contribution in [0.25, 0.3) is 0 Å². The number of rotatable bonds is 8. The molecule has 1 heterocycles. The fraction of sp³-hybridized carbons (Fsp3) is 0.455. The minimum absolute atomic E-state index is 0.413. The molecule has 2 rings (SSSR count). The summed E-state index contributed by atoms with van der Waals surface area (Å²) in [6.07, 6.45) is -5.32. The maximum atomic E-state index is 12.5. The van der Waals surface area contributed by atoms with Gasteiger partial charge in [-0.25, -0.2) is 10.2 Å². The largest absolute Gasteiger partial charge is 0.463 e. The quantitative estimate of drug-likeness (QED) is 0.224. The van der Waals surface area contributed by atoms with E-state index in [4.69, 9.17) is 23.7 Å². The fourth-order valence-corrected chi connectivity index (χ4v) is 3.21. The van der Waals surface area contributed by atoms with E-state index in [9.17, 15) is 24.0 Å². The van der Waals surface area contributed by atoms with Crippen molar-refractivity contribution < 1.29 is 47.7 Å². The molecular formula is C22H27N3O10. The van der Waals surface area contributed by atoms with Crippen molar-refractivity contribution in [3.05, 3.63) is 35.9 Å². The van der Waals surface area contributed by atoms with Crippen LogP contribution in [0.3, 0.4) is 0 Å². The molecule has 13 nitrogen and oxygen atoms in total. The van der Waals surface area contributed by atoms with E-state index in [-0.39, 0.29) is 0 Å². The first-order chi connectivity index (χ1) is 16.6. The second-order valence-corrected chi connectivity index (χ2v) is 7.37. The molecule has 190 valence electrons. The molecule has 0 unspecified atom stereocenters. The van der Waals surface area contributed by atoms with Crippen LogP contribution >= 0.6 is 0 Å². The van der Waals surface area contributed by atoms with Gasteiger partial charge in [0.15, 0.2) is 24.5 Å². The second-order valence-electron chi connectivity index (χ2n) is 7.37. The smallest absolute Gasteiger partial charge is 0.337 e. The standard InChI is InChI=1S/C22H27N3O10/c1-12(26)31-11-17-18(32-13(2)27)19(33-14(3)28)20(34-15(4)29)21(35-17)24-22(30)25-23-10-16-8-6-5-7-9-16/h5-10,17-21H,11H2,1-4H3,(H2,24,25,30)/b23-10+/t17-,18-,19+,20-,21-/m1/s1.